The van der Waals surface area contributed by atoms with Gasteiger partial charge in [-0.05, 0) is 30.8 Å². The van der Waals surface area contributed by atoms with E-state index in [9.17, 15) is 8.78 Å². The van der Waals surface area contributed by atoms with Crippen molar-refractivity contribution in [3.63, 3.8) is 0 Å². The Morgan fingerprint density at radius 1 is 1.10 bits per heavy atom. The summed E-state index contributed by atoms with van der Waals surface area (Å²) in [6, 6.07) is 7.74. The van der Waals surface area contributed by atoms with Crippen LogP contribution < -0.4 is 5.32 Å². The predicted molar refractivity (Wildman–Crippen MR) is 75.4 cm³/mol. The Morgan fingerprint density at radius 3 is 2.30 bits per heavy atom. The van der Waals surface area contributed by atoms with Gasteiger partial charge in [-0.3, -0.25) is 4.98 Å². The first-order chi connectivity index (χ1) is 9.46. The Hall–Kier alpha value is -1.81. The van der Waals surface area contributed by atoms with Crippen LogP contribution >= 0.6 is 0 Å². The molecular weight excluding hydrogens is 258 g/mol. The molecule has 0 saturated heterocycles. The van der Waals surface area contributed by atoms with E-state index >= 15 is 0 Å². The number of aromatic nitrogens is 1. The molecule has 0 saturated carbocycles. The third-order valence-corrected chi connectivity index (χ3v) is 3.71. The van der Waals surface area contributed by atoms with E-state index in [1.165, 1.54) is 18.3 Å². The smallest absolute Gasteiger partial charge is 0.146 e. The Morgan fingerprint density at radius 2 is 1.75 bits per heavy atom. The molecule has 0 aliphatic heterocycles. The van der Waals surface area contributed by atoms with Gasteiger partial charge in [0.1, 0.15) is 11.6 Å². The fraction of sp³-hybridized carbons (Fsp3) is 0.312. The van der Waals surface area contributed by atoms with Crippen LogP contribution in [-0.2, 0) is 5.41 Å². The lowest BCUT2D eigenvalue weighted by atomic mass is 9.75. The van der Waals surface area contributed by atoms with Crippen molar-refractivity contribution in [2.45, 2.75) is 25.3 Å². The van der Waals surface area contributed by atoms with E-state index in [2.05, 4.69) is 10.3 Å². The first-order valence-corrected chi connectivity index (χ1v) is 6.49. The summed E-state index contributed by atoms with van der Waals surface area (Å²) in [6.45, 7) is 4.00. The zero-order valence-electron chi connectivity index (χ0n) is 11.8. The molecule has 0 fully saturated rings. The molecule has 4 heteroatoms. The summed E-state index contributed by atoms with van der Waals surface area (Å²) in [7, 11) is 1.79. The molecule has 2 rings (SSSR count). The minimum atomic E-state index is -0.398. The molecule has 1 aromatic heterocycles. The summed E-state index contributed by atoms with van der Waals surface area (Å²) in [5.41, 5.74) is 1.09. The van der Waals surface area contributed by atoms with Gasteiger partial charge in [0, 0.05) is 23.2 Å². The summed E-state index contributed by atoms with van der Waals surface area (Å²) < 4.78 is 27.0. The zero-order valence-corrected chi connectivity index (χ0v) is 11.8. The number of pyridine rings is 1. The molecule has 0 radical (unpaired) electrons. The molecule has 1 unspecified atom stereocenters. The highest BCUT2D eigenvalue weighted by Crippen LogP contribution is 2.37. The Balaban J connectivity index is 2.44. The minimum Gasteiger partial charge on any atom is -0.312 e. The first kappa shape index (κ1) is 14.6. The molecule has 2 aromatic rings. The van der Waals surface area contributed by atoms with Gasteiger partial charge >= 0.3 is 0 Å². The summed E-state index contributed by atoms with van der Waals surface area (Å²) in [5.74, 6) is -0.623. The normalized spacial score (nSPS) is 13.2. The SMILES string of the molecule is CNC(c1ccncc1F)C(C)(C)c1ccc(F)cc1. The van der Waals surface area contributed by atoms with Gasteiger partial charge in [0.15, 0.2) is 0 Å². The van der Waals surface area contributed by atoms with Gasteiger partial charge in [0.25, 0.3) is 0 Å². The molecule has 106 valence electrons. The molecule has 0 spiro atoms. The highest BCUT2D eigenvalue weighted by Gasteiger charge is 2.33. The molecule has 0 aliphatic carbocycles. The zero-order chi connectivity index (χ0) is 14.8. The van der Waals surface area contributed by atoms with Crippen molar-refractivity contribution in [3.05, 3.63) is 65.5 Å². The van der Waals surface area contributed by atoms with Crippen LogP contribution in [0.4, 0.5) is 8.78 Å². The van der Waals surface area contributed by atoms with Crippen LogP contribution in [0.25, 0.3) is 0 Å². The maximum Gasteiger partial charge on any atom is 0.146 e. The molecule has 2 nitrogen and oxygen atoms in total. The highest BCUT2D eigenvalue weighted by molar-refractivity contribution is 5.31. The molecule has 1 aromatic carbocycles. The van der Waals surface area contributed by atoms with Crippen molar-refractivity contribution in [1.82, 2.24) is 10.3 Å². The van der Waals surface area contributed by atoms with Gasteiger partial charge in [0.2, 0.25) is 0 Å². The number of nitrogens with one attached hydrogen (secondary N) is 1. The number of likely N-dealkylation sites (N-methyl/N-ethyl adjacent to an activating group) is 1. The average Bonchev–Trinajstić information content (AvgIpc) is 2.42. The number of halogens is 2. The van der Waals surface area contributed by atoms with E-state index in [-0.39, 0.29) is 17.7 Å². The second-order valence-electron chi connectivity index (χ2n) is 5.35. The number of nitrogens with zero attached hydrogens (tertiary/aromatic N) is 1. The predicted octanol–water partition coefficient (Wildman–Crippen LogP) is 3.60. The van der Waals surface area contributed by atoms with Crippen molar-refractivity contribution in [2.24, 2.45) is 0 Å². The summed E-state index contributed by atoms with van der Waals surface area (Å²) in [6.07, 6.45) is 2.78. The van der Waals surface area contributed by atoms with Crippen molar-refractivity contribution >= 4 is 0 Å². The van der Waals surface area contributed by atoms with Crippen LogP contribution in [0.15, 0.2) is 42.7 Å². The molecule has 0 amide bonds. The quantitative estimate of drug-likeness (QED) is 0.923. The van der Waals surface area contributed by atoms with Crippen molar-refractivity contribution in [1.29, 1.82) is 0 Å². The van der Waals surface area contributed by atoms with Crippen LogP contribution in [0.1, 0.15) is 31.0 Å². The lowest BCUT2D eigenvalue weighted by molar-refractivity contribution is 0.356. The van der Waals surface area contributed by atoms with Crippen LogP contribution in [0, 0.1) is 11.6 Å². The fourth-order valence-electron chi connectivity index (χ4n) is 2.57. The maximum atomic E-state index is 14.0. The van der Waals surface area contributed by atoms with E-state index in [0.717, 1.165) is 5.56 Å². The second-order valence-corrected chi connectivity index (χ2v) is 5.35. The Bertz CT molecular complexity index is 579. The molecule has 1 N–H and O–H groups in total. The molecule has 1 atom stereocenters. The second kappa shape index (κ2) is 5.67. The van der Waals surface area contributed by atoms with E-state index in [1.54, 1.807) is 31.4 Å². The monoisotopic (exact) mass is 276 g/mol. The van der Waals surface area contributed by atoms with E-state index in [4.69, 9.17) is 0 Å². The van der Waals surface area contributed by atoms with Gasteiger partial charge in [-0.2, -0.15) is 0 Å². The number of hydrogen-bond donors (Lipinski definition) is 1. The Labute approximate surface area is 117 Å². The highest BCUT2D eigenvalue weighted by atomic mass is 19.1. The summed E-state index contributed by atoms with van der Waals surface area (Å²) in [4.78, 5) is 3.78. The van der Waals surface area contributed by atoms with Crippen LogP contribution in [0.3, 0.4) is 0 Å². The van der Waals surface area contributed by atoms with Crippen molar-refractivity contribution in [3.8, 4) is 0 Å². The van der Waals surface area contributed by atoms with Gasteiger partial charge in [-0.1, -0.05) is 26.0 Å². The molecular formula is C16H18F2N2. The summed E-state index contributed by atoms with van der Waals surface area (Å²) >= 11 is 0. The van der Waals surface area contributed by atoms with Crippen LogP contribution in [-0.4, -0.2) is 12.0 Å². The van der Waals surface area contributed by atoms with Crippen LogP contribution in [0.5, 0.6) is 0 Å². The molecule has 1 heterocycles. The largest absolute Gasteiger partial charge is 0.312 e. The topological polar surface area (TPSA) is 24.9 Å². The van der Waals surface area contributed by atoms with Gasteiger partial charge in [0.05, 0.1) is 6.20 Å². The van der Waals surface area contributed by atoms with E-state index < -0.39 is 5.41 Å². The third kappa shape index (κ3) is 2.70. The number of hydrogen-bond acceptors (Lipinski definition) is 2. The lowest BCUT2D eigenvalue weighted by Gasteiger charge is -2.35. The molecule has 20 heavy (non-hydrogen) atoms. The maximum absolute atomic E-state index is 14.0. The van der Waals surface area contributed by atoms with Crippen molar-refractivity contribution < 1.29 is 8.78 Å². The minimum absolute atomic E-state index is 0.240. The molecule has 0 bridgehead atoms. The van der Waals surface area contributed by atoms with E-state index in [0.29, 0.717) is 5.56 Å². The van der Waals surface area contributed by atoms with Crippen LogP contribution in [0.2, 0.25) is 0 Å². The first-order valence-electron chi connectivity index (χ1n) is 6.49. The van der Waals surface area contributed by atoms with E-state index in [1.807, 2.05) is 13.8 Å². The Kier molecular flexibility index (Phi) is 4.14. The van der Waals surface area contributed by atoms with Crippen molar-refractivity contribution in [2.75, 3.05) is 7.05 Å². The van der Waals surface area contributed by atoms with Gasteiger partial charge < -0.3 is 5.32 Å². The molecule has 0 aliphatic rings. The number of benzene rings is 1. The third-order valence-electron chi connectivity index (χ3n) is 3.71. The lowest BCUT2D eigenvalue weighted by Crippen LogP contribution is -2.36. The standard InChI is InChI=1S/C16H18F2N2/c1-16(2,11-4-6-12(17)7-5-11)15(19-3)13-8-9-20-10-14(13)18/h4-10,15,19H,1-3H3. The summed E-state index contributed by atoms with van der Waals surface area (Å²) in [5, 5.41) is 3.15. The number of rotatable bonds is 4. The van der Waals surface area contributed by atoms with Gasteiger partial charge in [-0.25, -0.2) is 8.78 Å². The fourth-order valence-corrected chi connectivity index (χ4v) is 2.57. The average molecular weight is 276 g/mol. The van der Waals surface area contributed by atoms with Gasteiger partial charge in [-0.15, -0.1) is 0 Å².